The topological polar surface area (TPSA) is 9.23 Å². The molecule has 0 aliphatic heterocycles. The molecule has 0 aliphatic rings. The molecule has 0 bridgehead atoms. The third kappa shape index (κ3) is 4.43. The normalized spacial score (nSPS) is 12.7. The molecule has 0 fully saturated rings. The fourth-order valence-corrected chi connectivity index (χ4v) is 1.29. The summed E-state index contributed by atoms with van der Waals surface area (Å²) in [4.78, 5) is 0. The van der Waals surface area contributed by atoms with Crippen LogP contribution >= 0.6 is 0 Å². The maximum absolute atomic E-state index is 13.2. The van der Waals surface area contributed by atoms with E-state index in [1.807, 2.05) is 12.1 Å². The number of halogens is 1. The fourth-order valence-electron chi connectivity index (χ4n) is 1.29. The molecule has 1 nitrogen and oxygen atoms in total. The van der Waals surface area contributed by atoms with E-state index >= 15 is 0 Å². The minimum absolute atomic E-state index is 0.135. The summed E-state index contributed by atoms with van der Waals surface area (Å²) in [5, 5.41) is 0. The van der Waals surface area contributed by atoms with Gasteiger partial charge in [0.25, 0.3) is 0 Å². The van der Waals surface area contributed by atoms with E-state index in [2.05, 4.69) is 13.8 Å². The smallest absolute Gasteiger partial charge is 0.126 e. The predicted molar refractivity (Wildman–Crippen MR) is 60.4 cm³/mol. The van der Waals surface area contributed by atoms with Crippen LogP contribution in [-0.4, -0.2) is 13.2 Å². The van der Waals surface area contributed by atoms with Gasteiger partial charge >= 0.3 is 0 Å². The van der Waals surface area contributed by atoms with Crippen molar-refractivity contribution >= 4 is 0 Å². The van der Waals surface area contributed by atoms with Gasteiger partial charge in [0.2, 0.25) is 0 Å². The van der Waals surface area contributed by atoms with Gasteiger partial charge in [-0.3, -0.25) is 0 Å². The lowest BCUT2D eigenvalue weighted by Crippen LogP contribution is -2.07. The summed E-state index contributed by atoms with van der Waals surface area (Å²) in [5.41, 5.74) is 0.738. The van der Waals surface area contributed by atoms with Crippen LogP contribution in [0.1, 0.15) is 25.8 Å². The van der Waals surface area contributed by atoms with E-state index in [-0.39, 0.29) is 5.82 Å². The van der Waals surface area contributed by atoms with Crippen molar-refractivity contribution in [3.8, 4) is 0 Å². The van der Waals surface area contributed by atoms with Gasteiger partial charge in [-0.1, -0.05) is 38.5 Å². The van der Waals surface area contributed by atoms with E-state index in [0.29, 0.717) is 18.9 Å². The molecular weight excluding hydrogens is 191 g/mol. The summed E-state index contributed by atoms with van der Waals surface area (Å²) in [7, 11) is 0. The molecule has 0 amide bonds. The molecule has 1 atom stereocenters. The number of benzene rings is 1. The molecule has 1 aromatic rings. The molecule has 0 N–H and O–H groups in total. The fraction of sp³-hybridized carbons (Fsp3) is 0.538. The Kier molecular flexibility index (Phi) is 5.33. The minimum Gasteiger partial charge on any atom is -0.381 e. The van der Waals surface area contributed by atoms with Crippen LogP contribution < -0.4 is 0 Å². The lowest BCUT2D eigenvalue weighted by atomic mass is 10.1. The Morgan fingerprint density at radius 2 is 2.07 bits per heavy atom. The summed E-state index contributed by atoms with van der Waals surface area (Å²) in [5.74, 6) is 0.454. The van der Waals surface area contributed by atoms with Crippen molar-refractivity contribution < 1.29 is 9.13 Å². The molecule has 0 saturated carbocycles. The molecular formula is C13H19FO. The molecule has 0 saturated heterocycles. The van der Waals surface area contributed by atoms with Crippen molar-refractivity contribution in [3.05, 3.63) is 35.6 Å². The molecule has 1 unspecified atom stereocenters. The van der Waals surface area contributed by atoms with Crippen LogP contribution in [0, 0.1) is 11.7 Å². The average Bonchev–Trinajstić information content (AvgIpc) is 2.26. The van der Waals surface area contributed by atoms with E-state index in [1.165, 1.54) is 6.07 Å². The Morgan fingerprint density at radius 3 is 2.73 bits per heavy atom. The van der Waals surface area contributed by atoms with Crippen LogP contribution in [0.5, 0.6) is 0 Å². The molecule has 0 aliphatic carbocycles. The minimum atomic E-state index is -0.135. The molecule has 0 aromatic heterocycles. The average molecular weight is 210 g/mol. The first-order chi connectivity index (χ1) is 7.24. The van der Waals surface area contributed by atoms with Gasteiger partial charge in [-0.15, -0.1) is 0 Å². The first kappa shape index (κ1) is 12.2. The quantitative estimate of drug-likeness (QED) is 0.654. The van der Waals surface area contributed by atoms with E-state index < -0.39 is 0 Å². The summed E-state index contributed by atoms with van der Waals surface area (Å²) in [6, 6.07) is 6.86. The van der Waals surface area contributed by atoms with Crippen molar-refractivity contribution in [1.29, 1.82) is 0 Å². The van der Waals surface area contributed by atoms with Crippen LogP contribution in [0.2, 0.25) is 0 Å². The highest BCUT2D eigenvalue weighted by Gasteiger charge is 2.01. The monoisotopic (exact) mass is 210 g/mol. The van der Waals surface area contributed by atoms with Gasteiger partial charge < -0.3 is 4.74 Å². The summed E-state index contributed by atoms with van der Waals surface area (Å²) >= 11 is 0. The molecule has 1 rings (SSSR count). The zero-order chi connectivity index (χ0) is 11.1. The van der Waals surface area contributed by atoms with Gasteiger partial charge in [-0.05, 0) is 24.0 Å². The third-order valence-electron chi connectivity index (χ3n) is 2.57. The first-order valence-corrected chi connectivity index (χ1v) is 5.55. The highest BCUT2D eigenvalue weighted by atomic mass is 19.1. The zero-order valence-electron chi connectivity index (χ0n) is 9.50. The molecule has 0 heterocycles. The van der Waals surface area contributed by atoms with Crippen molar-refractivity contribution in [3.63, 3.8) is 0 Å². The SMILES string of the molecule is CCC(C)COCCc1ccccc1F. The molecule has 1 aromatic carbocycles. The van der Waals surface area contributed by atoms with E-state index in [1.54, 1.807) is 6.07 Å². The van der Waals surface area contributed by atoms with Gasteiger partial charge in [0.05, 0.1) is 6.61 Å². The van der Waals surface area contributed by atoms with Gasteiger partial charge in [0, 0.05) is 6.61 Å². The Balaban J connectivity index is 2.23. The number of hydrogen-bond acceptors (Lipinski definition) is 1. The Morgan fingerprint density at radius 1 is 1.33 bits per heavy atom. The largest absolute Gasteiger partial charge is 0.381 e. The maximum atomic E-state index is 13.2. The van der Waals surface area contributed by atoms with E-state index in [4.69, 9.17) is 4.74 Å². The van der Waals surface area contributed by atoms with Gasteiger partial charge in [0.1, 0.15) is 5.82 Å². The molecule has 84 valence electrons. The van der Waals surface area contributed by atoms with E-state index in [0.717, 1.165) is 18.6 Å². The highest BCUT2D eigenvalue weighted by molar-refractivity contribution is 5.17. The summed E-state index contributed by atoms with van der Waals surface area (Å²) in [6.07, 6.45) is 1.78. The second-order valence-corrected chi connectivity index (χ2v) is 3.93. The third-order valence-corrected chi connectivity index (χ3v) is 2.57. The predicted octanol–water partition coefficient (Wildman–Crippen LogP) is 3.43. The van der Waals surface area contributed by atoms with Crippen LogP contribution in [0.4, 0.5) is 4.39 Å². The van der Waals surface area contributed by atoms with Crippen LogP contribution in [0.3, 0.4) is 0 Å². The zero-order valence-corrected chi connectivity index (χ0v) is 9.50. The Bertz CT molecular complexity index is 286. The Labute approximate surface area is 91.3 Å². The van der Waals surface area contributed by atoms with E-state index in [9.17, 15) is 4.39 Å². The Hall–Kier alpha value is -0.890. The van der Waals surface area contributed by atoms with Crippen LogP contribution in [0.15, 0.2) is 24.3 Å². The lowest BCUT2D eigenvalue weighted by Gasteiger charge is -2.09. The standard InChI is InChI=1S/C13H19FO/c1-3-11(2)10-15-9-8-12-6-4-5-7-13(12)14/h4-7,11H,3,8-10H2,1-2H3. The molecule has 15 heavy (non-hydrogen) atoms. The second-order valence-electron chi connectivity index (χ2n) is 3.93. The van der Waals surface area contributed by atoms with Crippen LogP contribution in [-0.2, 0) is 11.2 Å². The molecule has 0 spiro atoms. The summed E-state index contributed by atoms with van der Waals surface area (Å²) < 4.78 is 18.7. The first-order valence-electron chi connectivity index (χ1n) is 5.55. The van der Waals surface area contributed by atoms with Crippen LogP contribution in [0.25, 0.3) is 0 Å². The van der Waals surface area contributed by atoms with Crippen molar-refractivity contribution in [2.75, 3.05) is 13.2 Å². The number of hydrogen-bond donors (Lipinski definition) is 0. The lowest BCUT2D eigenvalue weighted by molar-refractivity contribution is 0.106. The molecule has 2 heteroatoms. The van der Waals surface area contributed by atoms with Crippen molar-refractivity contribution in [1.82, 2.24) is 0 Å². The van der Waals surface area contributed by atoms with Gasteiger partial charge in [-0.25, -0.2) is 4.39 Å². The number of ether oxygens (including phenoxy) is 1. The number of rotatable bonds is 6. The highest BCUT2D eigenvalue weighted by Crippen LogP contribution is 2.07. The second kappa shape index (κ2) is 6.57. The molecule has 0 radical (unpaired) electrons. The van der Waals surface area contributed by atoms with Crippen molar-refractivity contribution in [2.45, 2.75) is 26.7 Å². The van der Waals surface area contributed by atoms with Crippen molar-refractivity contribution in [2.24, 2.45) is 5.92 Å². The van der Waals surface area contributed by atoms with Gasteiger partial charge in [0.15, 0.2) is 0 Å². The van der Waals surface area contributed by atoms with Gasteiger partial charge in [-0.2, -0.15) is 0 Å². The maximum Gasteiger partial charge on any atom is 0.126 e. The summed E-state index contributed by atoms with van der Waals surface area (Å²) in [6.45, 7) is 5.67.